The van der Waals surface area contributed by atoms with Crippen LogP contribution in [0.4, 0.5) is 0 Å². The lowest BCUT2D eigenvalue weighted by Crippen LogP contribution is -2.56. The van der Waals surface area contributed by atoms with Gasteiger partial charge >= 0.3 is 0 Å². The number of carbonyl (C=O) groups excluding carboxylic acids is 3. The van der Waals surface area contributed by atoms with Crippen molar-refractivity contribution in [2.24, 2.45) is 11.8 Å². The van der Waals surface area contributed by atoms with Crippen LogP contribution in [0, 0.1) is 18.8 Å². The van der Waals surface area contributed by atoms with Gasteiger partial charge in [0, 0.05) is 38.1 Å². The van der Waals surface area contributed by atoms with E-state index in [1.54, 1.807) is 12.1 Å². The zero-order chi connectivity index (χ0) is 21.3. The minimum Gasteiger partial charge on any atom is -0.354 e. The molecule has 1 saturated heterocycles. The maximum Gasteiger partial charge on any atom is 0.261 e. The van der Waals surface area contributed by atoms with Crippen molar-refractivity contribution in [2.75, 3.05) is 26.2 Å². The standard InChI is InChI=1S/C23H33N3O3/c1-15-6-7-18-19(11-15)22(29)26(21(18)28)9-8-20(27)24-14-23(4,5)25-12-16(2)10-17(3)13-25/h6-7,11,16-17H,8-10,12-14H2,1-5H3,(H,24,27). The van der Waals surface area contributed by atoms with Crippen LogP contribution >= 0.6 is 0 Å². The fourth-order valence-corrected chi connectivity index (χ4v) is 4.49. The molecule has 0 bridgehead atoms. The molecule has 1 fully saturated rings. The maximum absolute atomic E-state index is 12.5. The number of fused-ring (bicyclic) bond motifs is 1. The number of piperidine rings is 1. The molecule has 0 saturated carbocycles. The van der Waals surface area contributed by atoms with Gasteiger partial charge in [0.15, 0.2) is 0 Å². The summed E-state index contributed by atoms with van der Waals surface area (Å²) in [7, 11) is 0. The first-order valence-corrected chi connectivity index (χ1v) is 10.6. The summed E-state index contributed by atoms with van der Waals surface area (Å²) in [5.41, 5.74) is 1.67. The van der Waals surface area contributed by atoms with Crippen LogP contribution in [0.3, 0.4) is 0 Å². The van der Waals surface area contributed by atoms with Gasteiger partial charge in [-0.05, 0) is 51.2 Å². The summed E-state index contributed by atoms with van der Waals surface area (Å²) < 4.78 is 0. The molecule has 3 amide bonds. The molecule has 2 atom stereocenters. The van der Waals surface area contributed by atoms with E-state index in [0.29, 0.717) is 29.5 Å². The van der Waals surface area contributed by atoms with Crippen molar-refractivity contribution >= 4 is 17.7 Å². The molecule has 0 radical (unpaired) electrons. The van der Waals surface area contributed by atoms with Gasteiger partial charge in [-0.15, -0.1) is 0 Å². The van der Waals surface area contributed by atoms with Gasteiger partial charge < -0.3 is 5.32 Å². The minimum atomic E-state index is -0.311. The first-order chi connectivity index (χ1) is 13.6. The average Bonchev–Trinajstić information content (AvgIpc) is 2.87. The molecule has 2 aliphatic heterocycles. The van der Waals surface area contributed by atoms with Gasteiger partial charge in [-0.25, -0.2) is 0 Å². The van der Waals surface area contributed by atoms with Crippen molar-refractivity contribution in [1.82, 2.24) is 15.1 Å². The second-order valence-corrected chi connectivity index (χ2v) is 9.50. The molecule has 0 aromatic heterocycles. The lowest BCUT2D eigenvalue weighted by Gasteiger charge is -2.45. The number of benzene rings is 1. The van der Waals surface area contributed by atoms with Gasteiger partial charge in [-0.2, -0.15) is 0 Å². The van der Waals surface area contributed by atoms with Crippen LogP contribution < -0.4 is 5.32 Å². The number of carbonyl (C=O) groups is 3. The van der Waals surface area contributed by atoms with E-state index in [-0.39, 0.29) is 36.2 Å². The van der Waals surface area contributed by atoms with Crippen LogP contribution in [-0.2, 0) is 4.79 Å². The summed E-state index contributed by atoms with van der Waals surface area (Å²) in [5.74, 6) is 0.564. The summed E-state index contributed by atoms with van der Waals surface area (Å²) >= 11 is 0. The zero-order valence-electron chi connectivity index (χ0n) is 18.2. The predicted octanol–water partition coefficient (Wildman–Crippen LogP) is 2.85. The van der Waals surface area contributed by atoms with Gasteiger partial charge in [0.25, 0.3) is 11.8 Å². The SMILES string of the molecule is Cc1ccc2c(c1)C(=O)N(CCC(=O)NCC(C)(C)N1CC(C)CC(C)C1)C2=O. The van der Waals surface area contributed by atoms with Crippen molar-refractivity contribution < 1.29 is 14.4 Å². The third-order valence-electron chi connectivity index (χ3n) is 6.13. The highest BCUT2D eigenvalue weighted by Gasteiger charge is 2.36. The second kappa shape index (κ2) is 8.27. The number of rotatable bonds is 6. The molecule has 2 heterocycles. The number of hydrogen-bond acceptors (Lipinski definition) is 4. The van der Waals surface area contributed by atoms with Crippen molar-refractivity contribution in [3.8, 4) is 0 Å². The third kappa shape index (κ3) is 4.69. The largest absolute Gasteiger partial charge is 0.354 e. The quantitative estimate of drug-likeness (QED) is 0.747. The number of nitrogens with one attached hydrogen (secondary N) is 1. The normalized spacial score (nSPS) is 22.7. The summed E-state index contributed by atoms with van der Waals surface area (Å²) in [5, 5.41) is 3.00. The zero-order valence-corrected chi connectivity index (χ0v) is 18.2. The first kappa shape index (κ1) is 21.5. The van der Waals surface area contributed by atoms with E-state index in [1.165, 1.54) is 11.3 Å². The van der Waals surface area contributed by atoms with E-state index in [0.717, 1.165) is 18.7 Å². The monoisotopic (exact) mass is 399 g/mol. The summed E-state index contributed by atoms with van der Waals surface area (Å²) in [6.45, 7) is 13.5. The van der Waals surface area contributed by atoms with Gasteiger partial charge in [0.1, 0.15) is 0 Å². The number of imide groups is 1. The molecule has 1 aromatic carbocycles. The number of aryl methyl sites for hydroxylation is 1. The second-order valence-electron chi connectivity index (χ2n) is 9.50. The Bertz CT molecular complexity index is 808. The smallest absolute Gasteiger partial charge is 0.261 e. The highest BCUT2D eigenvalue weighted by Crippen LogP contribution is 2.27. The van der Waals surface area contributed by atoms with E-state index >= 15 is 0 Å². The van der Waals surface area contributed by atoms with Crippen molar-refractivity contribution in [3.63, 3.8) is 0 Å². The molecule has 0 spiro atoms. The first-order valence-electron chi connectivity index (χ1n) is 10.6. The van der Waals surface area contributed by atoms with E-state index in [2.05, 4.69) is 37.9 Å². The van der Waals surface area contributed by atoms with Gasteiger partial charge in [0.05, 0.1) is 11.1 Å². The molecule has 3 rings (SSSR count). The Labute approximate surface area is 173 Å². The number of hydrogen-bond donors (Lipinski definition) is 1. The van der Waals surface area contributed by atoms with Crippen LogP contribution in [0.15, 0.2) is 18.2 Å². The molecule has 6 heteroatoms. The van der Waals surface area contributed by atoms with E-state index in [9.17, 15) is 14.4 Å². The fourth-order valence-electron chi connectivity index (χ4n) is 4.49. The Balaban J connectivity index is 1.51. The van der Waals surface area contributed by atoms with Crippen LogP contribution in [0.5, 0.6) is 0 Å². The van der Waals surface area contributed by atoms with Crippen molar-refractivity contribution in [3.05, 3.63) is 34.9 Å². The molecule has 0 aliphatic carbocycles. The van der Waals surface area contributed by atoms with Crippen molar-refractivity contribution in [2.45, 2.75) is 53.0 Å². The van der Waals surface area contributed by atoms with E-state index in [4.69, 9.17) is 0 Å². The molecule has 1 N–H and O–H groups in total. The Morgan fingerprint density at radius 3 is 2.38 bits per heavy atom. The van der Waals surface area contributed by atoms with Crippen LogP contribution in [-0.4, -0.2) is 59.2 Å². The van der Waals surface area contributed by atoms with Crippen LogP contribution in [0.1, 0.15) is 66.8 Å². The van der Waals surface area contributed by atoms with Crippen LogP contribution in [0.2, 0.25) is 0 Å². The Kier molecular flexibility index (Phi) is 6.13. The Hall–Kier alpha value is -2.21. The lowest BCUT2D eigenvalue weighted by atomic mass is 9.88. The molecule has 158 valence electrons. The molecule has 6 nitrogen and oxygen atoms in total. The third-order valence-corrected chi connectivity index (χ3v) is 6.13. The highest BCUT2D eigenvalue weighted by molar-refractivity contribution is 6.21. The Morgan fingerprint density at radius 2 is 1.72 bits per heavy atom. The molecule has 29 heavy (non-hydrogen) atoms. The van der Waals surface area contributed by atoms with Gasteiger partial charge in [-0.3, -0.25) is 24.2 Å². The molecule has 1 aromatic rings. The molecular weight excluding hydrogens is 366 g/mol. The minimum absolute atomic E-state index is 0.107. The summed E-state index contributed by atoms with van der Waals surface area (Å²) in [4.78, 5) is 41.1. The lowest BCUT2D eigenvalue weighted by molar-refractivity contribution is -0.121. The van der Waals surface area contributed by atoms with Gasteiger partial charge in [0.2, 0.25) is 5.91 Å². The molecule has 2 unspecified atom stereocenters. The maximum atomic E-state index is 12.5. The predicted molar refractivity (Wildman–Crippen MR) is 113 cm³/mol. The summed E-state index contributed by atoms with van der Waals surface area (Å²) in [6.07, 6.45) is 1.37. The van der Waals surface area contributed by atoms with Gasteiger partial charge in [-0.1, -0.05) is 25.5 Å². The van der Waals surface area contributed by atoms with E-state index in [1.807, 2.05) is 13.0 Å². The van der Waals surface area contributed by atoms with Crippen molar-refractivity contribution in [1.29, 1.82) is 0 Å². The number of amides is 3. The fraction of sp³-hybridized carbons (Fsp3) is 0.609. The number of nitrogens with zero attached hydrogens (tertiary/aromatic N) is 2. The number of likely N-dealkylation sites (tertiary alicyclic amines) is 1. The summed E-state index contributed by atoms with van der Waals surface area (Å²) in [6, 6.07) is 5.25. The molecular formula is C23H33N3O3. The average molecular weight is 400 g/mol. The topological polar surface area (TPSA) is 69.7 Å². The van der Waals surface area contributed by atoms with E-state index < -0.39 is 0 Å². The Morgan fingerprint density at radius 1 is 1.10 bits per heavy atom. The van der Waals surface area contributed by atoms with Crippen LogP contribution in [0.25, 0.3) is 0 Å². The highest BCUT2D eigenvalue weighted by atomic mass is 16.2. The molecule has 2 aliphatic rings.